The Labute approximate surface area is 163 Å². The molecule has 2 aromatic carbocycles. The molecule has 2 aromatic rings. The third-order valence-corrected chi connectivity index (χ3v) is 4.21. The zero-order valence-corrected chi connectivity index (χ0v) is 16.2. The number of carbonyl (C=O) groups excluding carboxylic acids is 2. The van der Waals surface area contributed by atoms with Crippen LogP contribution in [-0.4, -0.2) is 31.7 Å². The fourth-order valence-electron chi connectivity index (χ4n) is 2.21. The summed E-state index contributed by atoms with van der Waals surface area (Å²) >= 11 is 5.94. The molecule has 0 saturated carbocycles. The fraction of sp³-hybridized carbons (Fsp3) is 0.300. The van der Waals surface area contributed by atoms with Gasteiger partial charge in [0, 0.05) is 11.6 Å². The summed E-state index contributed by atoms with van der Waals surface area (Å²) in [4.78, 5) is 23.9. The lowest BCUT2D eigenvalue weighted by atomic mass is 10.2. The number of carbonyl (C=O) groups is 2. The average Bonchev–Trinajstić information content (AvgIpc) is 2.67. The van der Waals surface area contributed by atoms with Gasteiger partial charge in [0.05, 0.1) is 7.11 Å². The minimum atomic E-state index is -0.925. The molecule has 0 fully saturated rings. The summed E-state index contributed by atoms with van der Waals surface area (Å²) < 4.78 is 15.5. The second-order valence-electron chi connectivity index (χ2n) is 5.90. The van der Waals surface area contributed by atoms with Gasteiger partial charge < -0.3 is 19.5 Å². The Kier molecular flexibility index (Phi) is 7.49. The number of nitrogens with one attached hydrogen (secondary N) is 1. The highest BCUT2D eigenvalue weighted by Crippen LogP contribution is 2.21. The van der Waals surface area contributed by atoms with Crippen molar-refractivity contribution in [1.29, 1.82) is 0 Å². The summed E-state index contributed by atoms with van der Waals surface area (Å²) in [6, 6.07) is 12.4. The molecule has 0 saturated heterocycles. The van der Waals surface area contributed by atoms with E-state index in [9.17, 15) is 9.59 Å². The molecule has 27 heavy (non-hydrogen) atoms. The van der Waals surface area contributed by atoms with Gasteiger partial charge >= 0.3 is 5.97 Å². The van der Waals surface area contributed by atoms with Gasteiger partial charge in [0.2, 0.25) is 0 Å². The topological polar surface area (TPSA) is 73.9 Å². The molecular weight excluding hydrogens is 370 g/mol. The van der Waals surface area contributed by atoms with Gasteiger partial charge in [0.15, 0.2) is 12.7 Å². The quantitative estimate of drug-likeness (QED) is 0.699. The highest BCUT2D eigenvalue weighted by molar-refractivity contribution is 6.31. The average molecular weight is 392 g/mol. The Bertz CT molecular complexity index is 791. The van der Waals surface area contributed by atoms with Crippen LogP contribution < -0.4 is 14.8 Å². The van der Waals surface area contributed by atoms with Crippen LogP contribution in [0.25, 0.3) is 0 Å². The SMILES string of the molecule is COc1ccc(CNC(=O)[C@H](C)OC(=O)COc2ccc(Cl)c(C)c2)cc1. The molecular formula is C20H22ClNO5. The predicted octanol–water partition coefficient (Wildman–Crippen LogP) is 3.28. The monoisotopic (exact) mass is 391 g/mol. The van der Waals surface area contributed by atoms with E-state index in [0.717, 1.165) is 16.9 Å². The van der Waals surface area contributed by atoms with E-state index in [2.05, 4.69) is 5.32 Å². The van der Waals surface area contributed by atoms with E-state index in [1.165, 1.54) is 6.92 Å². The van der Waals surface area contributed by atoms with Gasteiger partial charge in [-0.25, -0.2) is 4.79 Å². The number of methoxy groups -OCH3 is 1. The summed E-state index contributed by atoms with van der Waals surface area (Å²) in [5.74, 6) is 0.227. The van der Waals surface area contributed by atoms with E-state index in [-0.39, 0.29) is 12.5 Å². The van der Waals surface area contributed by atoms with Crippen LogP contribution in [-0.2, 0) is 20.9 Å². The first kappa shape index (κ1) is 20.6. The van der Waals surface area contributed by atoms with Crippen molar-refractivity contribution in [2.45, 2.75) is 26.5 Å². The van der Waals surface area contributed by atoms with Gasteiger partial charge in [-0.15, -0.1) is 0 Å². The normalized spacial score (nSPS) is 11.4. The first-order chi connectivity index (χ1) is 12.9. The van der Waals surface area contributed by atoms with Gasteiger partial charge in [0.1, 0.15) is 11.5 Å². The molecule has 7 heteroatoms. The molecule has 0 aliphatic carbocycles. The Morgan fingerprint density at radius 3 is 2.41 bits per heavy atom. The number of benzene rings is 2. The van der Waals surface area contributed by atoms with Gasteiger partial charge in [-0.05, 0) is 55.3 Å². The van der Waals surface area contributed by atoms with Gasteiger partial charge in [-0.2, -0.15) is 0 Å². The van der Waals surface area contributed by atoms with Crippen molar-refractivity contribution < 1.29 is 23.8 Å². The van der Waals surface area contributed by atoms with Crippen LogP contribution in [0.2, 0.25) is 5.02 Å². The van der Waals surface area contributed by atoms with E-state index >= 15 is 0 Å². The summed E-state index contributed by atoms with van der Waals surface area (Å²) in [6.07, 6.45) is -0.925. The number of esters is 1. The number of halogens is 1. The first-order valence-corrected chi connectivity index (χ1v) is 8.76. The zero-order chi connectivity index (χ0) is 19.8. The third kappa shape index (κ3) is 6.49. The molecule has 0 heterocycles. The summed E-state index contributed by atoms with van der Waals surface area (Å²) in [6.45, 7) is 3.37. The molecule has 1 N–H and O–H groups in total. The Hall–Kier alpha value is -2.73. The molecule has 0 aromatic heterocycles. The van der Waals surface area contributed by atoms with Crippen LogP contribution in [0.3, 0.4) is 0 Å². The van der Waals surface area contributed by atoms with Gasteiger partial charge in [0.25, 0.3) is 5.91 Å². The van der Waals surface area contributed by atoms with Gasteiger partial charge in [-0.1, -0.05) is 23.7 Å². The molecule has 2 rings (SSSR count). The lowest BCUT2D eigenvalue weighted by Crippen LogP contribution is -2.36. The maximum Gasteiger partial charge on any atom is 0.344 e. The lowest BCUT2D eigenvalue weighted by molar-refractivity contribution is -0.156. The lowest BCUT2D eigenvalue weighted by Gasteiger charge is -2.14. The Morgan fingerprint density at radius 2 is 1.78 bits per heavy atom. The van der Waals surface area contributed by atoms with Crippen molar-refractivity contribution in [3.8, 4) is 11.5 Å². The van der Waals surface area contributed by atoms with E-state index < -0.39 is 12.1 Å². The van der Waals surface area contributed by atoms with Crippen molar-refractivity contribution in [2.75, 3.05) is 13.7 Å². The number of rotatable bonds is 8. The van der Waals surface area contributed by atoms with E-state index in [4.69, 9.17) is 25.8 Å². The Morgan fingerprint density at radius 1 is 1.11 bits per heavy atom. The standard InChI is InChI=1S/C20H22ClNO5/c1-13-10-17(8-9-18(13)21)26-12-19(23)27-14(2)20(24)22-11-15-4-6-16(25-3)7-5-15/h4-10,14H,11-12H2,1-3H3,(H,22,24)/t14-/m0/s1. The van der Waals surface area contributed by atoms with Crippen molar-refractivity contribution in [2.24, 2.45) is 0 Å². The molecule has 0 aliphatic rings. The molecule has 0 unspecified atom stereocenters. The van der Waals surface area contributed by atoms with Gasteiger partial charge in [-0.3, -0.25) is 4.79 Å². The molecule has 144 valence electrons. The molecule has 6 nitrogen and oxygen atoms in total. The Balaban J connectivity index is 1.75. The number of ether oxygens (including phenoxy) is 3. The molecule has 0 bridgehead atoms. The number of amides is 1. The molecule has 0 radical (unpaired) electrons. The smallest absolute Gasteiger partial charge is 0.344 e. The minimum Gasteiger partial charge on any atom is -0.497 e. The number of hydrogen-bond donors (Lipinski definition) is 1. The van der Waals surface area contributed by atoms with Crippen molar-refractivity contribution in [1.82, 2.24) is 5.32 Å². The summed E-state index contributed by atoms with van der Waals surface area (Å²) in [7, 11) is 1.59. The molecule has 1 atom stereocenters. The minimum absolute atomic E-state index is 0.294. The van der Waals surface area contributed by atoms with E-state index in [0.29, 0.717) is 17.3 Å². The number of aryl methyl sites for hydroxylation is 1. The van der Waals surface area contributed by atoms with E-state index in [1.54, 1.807) is 37.4 Å². The predicted molar refractivity (Wildman–Crippen MR) is 102 cm³/mol. The number of hydrogen-bond acceptors (Lipinski definition) is 5. The highest BCUT2D eigenvalue weighted by Gasteiger charge is 2.18. The summed E-state index contributed by atoms with van der Waals surface area (Å²) in [5.41, 5.74) is 1.75. The van der Waals surface area contributed by atoms with Crippen LogP contribution in [0.15, 0.2) is 42.5 Å². The third-order valence-electron chi connectivity index (χ3n) is 3.79. The summed E-state index contributed by atoms with van der Waals surface area (Å²) in [5, 5.41) is 3.33. The molecule has 0 aliphatic heterocycles. The molecule has 1 amide bonds. The van der Waals surface area contributed by atoms with Crippen LogP contribution in [0.1, 0.15) is 18.1 Å². The highest BCUT2D eigenvalue weighted by atomic mass is 35.5. The molecule has 0 spiro atoms. The largest absolute Gasteiger partial charge is 0.497 e. The maximum absolute atomic E-state index is 12.1. The maximum atomic E-state index is 12.1. The second kappa shape index (κ2) is 9.83. The van der Waals surface area contributed by atoms with Crippen molar-refractivity contribution in [3.05, 3.63) is 58.6 Å². The van der Waals surface area contributed by atoms with Crippen LogP contribution >= 0.6 is 11.6 Å². The zero-order valence-electron chi connectivity index (χ0n) is 15.5. The van der Waals surface area contributed by atoms with Crippen LogP contribution in [0, 0.1) is 6.92 Å². The van der Waals surface area contributed by atoms with E-state index in [1.807, 2.05) is 19.1 Å². The fourth-order valence-corrected chi connectivity index (χ4v) is 2.33. The second-order valence-corrected chi connectivity index (χ2v) is 6.30. The van der Waals surface area contributed by atoms with Crippen LogP contribution in [0.5, 0.6) is 11.5 Å². The van der Waals surface area contributed by atoms with Crippen LogP contribution in [0.4, 0.5) is 0 Å². The first-order valence-electron chi connectivity index (χ1n) is 8.38. The van der Waals surface area contributed by atoms with Crippen molar-refractivity contribution >= 4 is 23.5 Å². The van der Waals surface area contributed by atoms with Crippen molar-refractivity contribution in [3.63, 3.8) is 0 Å².